The number of benzene rings is 1. The fraction of sp³-hybridized carbons (Fsp3) is 0.538. The van der Waals surface area contributed by atoms with Crippen LogP contribution in [0.15, 0.2) is 18.2 Å². The molecular formula is C13H19FN2. The Labute approximate surface area is 96.0 Å². The fourth-order valence-corrected chi connectivity index (χ4v) is 2.02. The number of nitrogen functional groups attached to an aromatic ring is 1. The normalized spacial score (nSPS) is 16.1. The number of hydrogen-bond donors (Lipinski definition) is 2. The predicted octanol–water partition coefficient (Wildman–Crippen LogP) is 2.69. The number of hydrogen-bond acceptors (Lipinski definition) is 2. The summed E-state index contributed by atoms with van der Waals surface area (Å²) < 4.78 is 13.4. The molecule has 0 amide bonds. The van der Waals surface area contributed by atoms with Gasteiger partial charge in [-0.3, -0.25) is 0 Å². The van der Waals surface area contributed by atoms with Crippen LogP contribution in [-0.4, -0.2) is 6.54 Å². The van der Waals surface area contributed by atoms with E-state index in [9.17, 15) is 4.39 Å². The molecule has 3 N–H and O–H groups in total. The van der Waals surface area contributed by atoms with E-state index < -0.39 is 0 Å². The van der Waals surface area contributed by atoms with E-state index in [1.807, 2.05) is 0 Å². The summed E-state index contributed by atoms with van der Waals surface area (Å²) in [5, 5.41) is 3.28. The molecule has 0 aromatic heterocycles. The largest absolute Gasteiger partial charge is 0.399 e. The third-order valence-electron chi connectivity index (χ3n) is 3.35. The van der Waals surface area contributed by atoms with Crippen molar-refractivity contribution in [3.05, 3.63) is 29.6 Å². The van der Waals surface area contributed by atoms with Crippen LogP contribution >= 0.6 is 0 Å². The van der Waals surface area contributed by atoms with Crippen LogP contribution in [0, 0.1) is 11.7 Å². The number of halogens is 1. The summed E-state index contributed by atoms with van der Waals surface area (Å²) in [6, 6.07) is 4.87. The van der Waals surface area contributed by atoms with Crippen LogP contribution in [0.25, 0.3) is 0 Å². The van der Waals surface area contributed by atoms with Crippen molar-refractivity contribution in [1.82, 2.24) is 5.32 Å². The minimum Gasteiger partial charge on any atom is -0.399 e. The molecule has 1 aliphatic rings. The quantitative estimate of drug-likeness (QED) is 0.594. The molecule has 16 heavy (non-hydrogen) atoms. The van der Waals surface area contributed by atoms with E-state index >= 15 is 0 Å². The molecule has 1 aromatic carbocycles. The summed E-state index contributed by atoms with van der Waals surface area (Å²) in [5.74, 6) is 0.694. The lowest BCUT2D eigenvalue weighted by Crippen LogP contribution is -2.21. The molecule has 1 saturated carbocycles. The highest BCUT2D eigenvalue weighted by Crippen LogP contribution is 2.28. The summed E-state index contributed by atoms with van der Waals surface area (Å²) >= 11 is 0. The third kappa shape index (κ3) is 2.95. The molecule has 1 aromatic rings. The summed E-state index contributed by atoms with van der Waals surface area (Å²) in [7, 11) is 0. The van der Waals surface area contributed by atoms with Gasteiger partial charge in [-0.05, 0) is 31.0 Å². The van der Waals surface area contributed by atoms with Crippen LogP contribution in [0.4, 0.5) is 10.1 Å². The first kappa shape index (κ1) is 11.4. The molecule has 3 heteroatoms. The molecule has 0 atom stereocenters. The van der Waals surface area contributed by atoms with E-state index in [1.165, 1.54) is 31.7 Å². The zero-order valence-corrected chi connectivity index (χ0v) is 9.51. The van der Waals surface area contributed by atoms with E-state index in [1.54, 1.807) is 12.1 Å². The standard InChI is InChI=1S/C13H19FN2/c14-13-8-12(15)5-4-11(13)9-16-7-6-10-2-1-3-10/h4-5,8,10,16H,1-3,6-7,9,15H2. The molecule has 0 spiro atoms. The summed E-state index contributed by atoms with van der Waals surface area (Å²) in [6.45, 7) is 1.58. The average molecular weight is 222 g/mol. The molecule has 2 nitrogen and oxygen atoms in total. The molecule has 2 rings (SSSR count). The lowest BCUT2D eigenvalue weighted by Gasteiger charge is -2.25. The highest BCUT2D eigenvalue weighted by molar-refractivity contribution is 5.40. The van der Waals surface area contributed by atoms with Crippen LogP contribution in [0.3, 0.4) is 0 Å². The van der Waals surface area contributed by atoms with E-state index in [0.29, 0.717) is 17.8 Å². The number of nitrogens with two attached hydrogens (primary N) is 1. The van der Waals surface area contributed by atoms with Crippen molar-refractivity contribution in [3.63, 3.8) is 0 Å². The molecule has 0 saturated heterocycles. The Morgan fingerprint density at radius 1 is 1.38 bits per heavy atom. The van der Waals surface area contributed by atoms with Gasteiger partial charge in [0.2, 0.25) is 0 Å². The van der Waals surface area contributed by atoms with Crippen molar-refractivity contribution >= 4 is 5.69 Å². The second kappa shape index (κ2) is 5.30. The zero-order valence-electron chi connectivity index (χ0n) is 9.51. The first-order chi connectivity index (χ1) is 7.75. The van der Waals surface area contributed by atoms with Gasteiger partial charge in [-0.25, -0.2) is 4.39 Å². The van der Waals surface area contributed by atoms with Crippen LogP contribution < -0.4 is 11.1 Å². The molecule has 1 aliphatic carbocycles. The Morgan fingerprint density at radius 2 is 2.19 bits per heavy atom. The second-order valence-electron chi connectivity index (χ2n) is 4.61. The monoisotopic (exact) mass is 222 g/mol. The highest BCUT2D eigenvalue weighted by Gasteiger charge is 2.16. The van der Waals surface area contributed by atoms with Gasteiger partial charge in [-0.15, -0.1) is 0 Å². The third-order valence-corrected chi connectivity index (χ3v) is 3.35. The maximum absolute atomic E-state index is 13.4. The molecule has 0 unspecified atom stereocenters. The van der Waals surface area contributed by atoms with Crippen molar-refractivity contribution in [2.45, 2.75) is 32.2 Å². The maximum atomic E-state index is 13.4. The fourth-order valence-electron chi connectivity index (χ4n) is 2.02. The Morgan fingerprint density at radius 3 is 2.81 bits per heavy atom. The smallest absolute Gasteiger partial charge is 0.129 e. The molecule has 1 fully saturated rings. The summed E-state index contributed by atoms with van der Waals surface area (Å²) in [6.07, 6.45) is 5.35. The van der Waals surface area contributed by atoms with E-state index in [2.05, 4.69) is 5.32 Å². The van der Waals surface area contributed by atoms with Gasteiger partial charge >= 0.3 is 0 Å². The lowest BCUT2D eigenvalue weighted by molar-refractivity contribution is 0.292. The summed E-state index contributed by atoms with van der Waals surface area (Å²) in [5.41, 5.74) is 6.67. The van der Waals surface area contributed by atoms with Crippen LogP contribution in [0.5, 0.6) is 0 Å². The molecule has 0 radical (unpaired) electrons. The zero-order chi connectivity index (χ0) is 11.4. The van der Waals surface area contributed by atoms with Gasteiger partial charge in [0.05, 0.1) is 0 Å². The van der Waals surface area contributed by atoms with Crippen molar-refractivity contribution < 1.29 is 4.39 Å². The van der Waals surface area contributed by atoms with Gasteiger partial charge in [0, 0.05) is 17.8 Å². The van der Waals surface area contributed by atoms with Crippen molar-refractivity contribution in [1.29, 1.82) is 0 Å². The molecule has 0 aliphatic heterocycles. The molecule has 0 bridgehead atoms. The van der Waals surface area contributed by atoms with Crippen molar-refractivity contribution in [2.24, 2.45) is 5.92 Å². The van der Waals surface area contributed by atoms with Gasteiger partial charge in [0.25, 0.3) is 0 Å². The first-order valence-corrected chi connectivity index (χ1v) is 6.00. The van der Waals surface area contributed by atoms with Crippen LogP contribution in [-0.2, 0) is 6.54 Å². The van der Waals surface area contributed by atoms with Gasteiger partial charge < -0.3 is 11.1 Å². The van der Waals surface area contributed by atoms with E-state index in [4.69, 9.17) is 5.73 Å². The Balaban J connectivity index is 1.71. The predicted molar refractivity (Wildman–Crippen MR) is 64.5 cm³/mol. The minimum absolute atomic E-state index is 0.212. The van der Waals surface area contributed by atoms with Crippen LogP contribution in [0.2, 0.25) is 0 Å². The van der Waals surface area contributed by atoms with Gasteiger partial charge in [0.1, 0.15) is 5.82 Å². The van der Waals surface area contributed by atoms with Crippen molar-refractivity contribution in [2.75, 3.05) is 12.3 Å². The number of rotatable bonds is 5. The topological polar surface area (TPSA) is 38.0 Å². The molecular weight excluding hydrogens is 203 g/mol. The van der Waals surface area contributed by atoms with Gasteiger partial charge in [-0.2, -0.15) is 0 Å². The van der Waals surface area contributed by atoms with E-state index in [-0.39, 0.29) is 5.82 Å². The number of nitrogens with one attached hydrogen (secondary N) is 1. The van der Waals surface area contributed by atoms with Gasteiger partial charge in [0.15, 0.2) is 0 Å². The maximum Gasteiger partial charge on any atom is 0.129 e. The van der Waals surface area contributed by atoms with Gasteiger partial charge in [-0.1, -0.05) is 25.3 Å². The number of anilines is 1. The molecule has 88 valence electrons. The first-order valence-electron chi connectivity index (χ1n) is 6.00. The highest BCUT2D eigenvalue weighted by atomic mass is 19.1. The van der Waals surface area contributed by atoms with Crippen LogP contribution in [0.1, 0.15) is 31.2 Å². The Hall–Kier alpha value is -1.09. The Kier molecular flexibility index (Phi) is 3.78. The lowest BCUT2D eigenvalue weighted by atomic mass is 9.83. The van der Waals surface area contributed by atoms with Crippen molar-refractivity contribution in [3.8, 4) is 0 Å². The average Bonchev–Trinajstić information content (AvgIpc) is 2.18. The Bertz CT molecular complexity index is 348. The summed E-state index contributed by atoms with van der Waals surface area (Å²) in [4.78, 5) is 0. The second-order valence-corrected chi connectivity index (χ2v) is 4.61. The SMILES string of the molecule is Nc1ccc(CNCCC2CCC2)c(F)c1. The molecule has 0 heterocycles. The van der Waals surface area contributed by atoms with E-state index in [0.717, 1.165) is 12.5 Å². The minimum atomic E-state index is -0.212.